The van der Waals surface area contributed by atoms with Gasteiger partial charge in [0.1, 0.15) is 5.69 Å². The highest BCUT2D eigenvalue weighted by Crippen LogP contribution is 2.24. The number of nitrogens with zero attached hydrogens (tertiary/aromatic N) is 3. The Bertz CT molecular complexity index is 743. The Morgan fingerprint density at radius 2 is 1.73 bits per heavy atom. The van der Waals surface area contributed by atoms with Gasteiger partial charge in [-0.3, -0.25) is 14.8 Å². The number of benzene rings is 1. The predicted octanol–water partition coefficient (Wildman–Crippen LogP) is 3.93. The molecule has 1 saturated heterocycles. The van der Waals surface area contributed by atoms with Crippen molar-refractivity contribution in [2.75, 3.05) is 26.2 Å². The first-order valence-electron chi connectivity index (χ1n) is 9.55. The fraction of sp³-hybridized carbons (Fsp3) is 0.500. The lowest BCUT2D eigenvalue weighted by Gasteiger charge is -2.40. The minimum Gasteiger partial charge on any atom is -0.335 e. The maximum atomic E-state index is 12.8. The lowest BCUT2D eigenvalue weighted by atomic mass is 9.94. The maximum Gasteiger partial charge on any atom is 0.271 e. The van der Waals surface area contributed by atoms with E-state index >= 15 is 0 Å². The second kappa shape index (κ2) is 7.92. The Hall–Kier alpha value is -1.66. The fourth-order valence-corrected chi connectivity index (χ4v) is 4.37. The second-order valence-corrected chi connectivity index (χ2v) is 8.21. The summed E-state index contributed by atoms with van der Waals surface area (Å²) >= 11 is 3.44. The number of amides is 1. The van der Waals surface area contributed by atoms with Crippen molar-refractivity contribution in [3.63, 3.8) is 0 Å². The number of aromatic amines is 1. The van der Waals surface area contributed by atoms with Crippen molar-refractivity contribution >= 4 is 21.8 Å². The van der Waals surface area contributed by atoms with E-state index in [1.165, 1.54) is 32.1 Å². The number of halogens is 1. The van der Waals surface area contributed by atoms with Crippen LogP contribution in [0.2, 0.25) is 0 Å². The molecule has 1 saturated carbocycles. The van der Waals surface area contributed by atoms with Crippen LogP contribution in [0.4, 0.5) is 0 Å². The summed E-state index contributed by atoms with van der Waals surface area (Å²) in [5, 5.41) is 7.25. The molecule has 0 radical (unpaired) electrons. The largest absolute Gasteiger partial charge is 0.335 e. The van der Waals surface area contributed by atoms with Gasteiger partial charge in [0, 0.05) is 42.3 Å². The van der Waals surface area contributed by atoms with E-state index in [0.29, 0.717) is 5.69 Å². The molecule has 0 spiro atoms. The molecule has 2 fully saturated rings. The van der Waals surface area contributed by atoms with Gasteiger partial charge in [-0.25, -0.2) is 0 Å². The van der Waals surface area contributed by atoms with Gasteiger partial charge in [0.05, 0.1) is 5.69 Å². The molecule has 2 heterocycles. The van der Waals surface area contributed by atoms with E-state index in [4.69, 9.17) is 0 Å². The molecule has 1 aliphatic carbocycles. The molecule has 138 valence electrons. The standard InChI is InChI=1S/C20H25BrN4O/c21-16-8-6-15(7-9-16)18-14-19(23-22-18)20(26)25-12-10-24(11-13-25)17-4-2-1-3-5-17/h6-9,14,17H,1-5,10-13H2,(H,22,23). The SMILES string of the molecule is O=C(c1cc(-c2ccc(Br)cc2)n[nH]1)N1CCN(C2CCCCC2)CC1. The van der Waals surface area contributed by atoms with Gasteiger partial charge >= 0.3 is 0 Å². The van der Waals surface area contributed by atoms with E-state index in [1.807, 2.05) is 35.2 Å². The Morgan fingerprint density at radius 1 is 1.04 bits per heavy atom. The van der Waals surface area contributed by atoms with E-state index in [0.717, 1.165) is 48.0 Å². The lowest BCUT2D eigenvalue weighted by molar-refractivity contribution is 0.0518. The Labute approximate surface area is 162 Å². The average molecular weight is 417 g/mol. The number of H-pyrrole nitrogens is 1. The molecule has 2 aromatic rings. The van der Waals surface area contributed by atoms with Crippen LogP contribution in [0.5, 0.6) is 0 Å². The molecule has 1 amide bonds. The average Bonchev–Trinajstić information content (AvgIpc) is 3.19. The summed E-state index contributed by atoms with van der Waals surface area (Å²) < 4.78 is 1.03. The third-order valence-corrected chi connectivity index (χ3v) is 6.17. The number of hydrogen-bond donors (Lipinski definition) is 1. The molecule has 0 unspecified atom stereocenters. The molecular weight excluding hydrogens is 392 g/mol. The first kappa shape index (κ1) is 17.7. The highest BCUT2D eigenvalue weighted by molar-refractivity contribution is 9.10. The minimum atomic E-state index is 0.0594. The summed E-state index contributed by atoms with van der Waals surface area (Å²) in [5.41, 5.74) is 2.39. The van der Waals surface area contributed by atoms with Gasteiger partial charge in [-0.2, -0.15) is 5.10 Å². The van der Waals surface area contributed by atoms with Crippen LogP contribution in [0.3, 0.4) is 0 Å². The Kier molecular flexibility index (Phi) is 5.41. The quantitative estimate of drug-likeness (QED) is 0.824. The molecule has 26 heavy (non-hydrogen) atoms. The van der Waals surface area contributed by atoms with Crippen molar-refractivity contribution in [1.82, 2.24) is 20.0 Å². The first-order chi connectivity index (χ1) is 12.7. The van der Waals surface area contributed by atoms with Gasteiger partial charge in [-0.15, -0.1) is 0 Å². The predicted molar refractivity (Wildman–Crippen MR) is 106 cm³/mol. The van der Waals surface area contributed by atoms with Crippen molar-refractivity contribution < 1.29 is 4.79 Å². The summed E-state index contributed by atoms with van der Waals surface area (Å²) in [4.78, 5) is 17.4. The fourth-order valence-electron chi connectivity index (χ4n) is 4.11. The van der Waals surface area contributed by atoms with E-state index in [1.54, 1.807) is 0 Å². The zero-order valence-electron chi connectivity index (χ0n) is 15.0. The highest BCUT2D eigenvalue weighted by atomic mass is 79.9. The van der Waals surface area contributed by atoms with Crippen molar-refractivity contribution in [2.45, 2.75) is 38.1 Å². The maximum absolute atomic E-state index is 12.8. The van der Waals surface area contributed by atoms with Gasteiger partial charge in [0.25, 0.3) is 5.91 Å². The number of hydrogen-bond acceptors (Lipinski definition) is 3. The second-order valence-electron chi connectivity index (χ2n) is 7.29. The lowest BCUT2D eigenvalue weighted by Crippen LogP contribution is -2.52. The number of rotatable bonds is 3. The van der Waals surface area contributed by atoms with Crippen LogP contribution in [0.25, 0.3) is 11.3 Å². The van der Waals surface area contributed by atoms with Crippen LogP contribution in [-0.4, -0.2) is 58.1 Å². The van der Waals surface area contributed by atoms with Gasteiger partial charge in [-0.05, 0) is 31.0 Å². The molecule has 1 aliphatic heterocycles. The molecule has 5 nitrogen and oxygen atoms in total. The number of piperazine rings is 1. The third-order valence-electron chi connectivity index (χ3n) is 5.64. The topological polar surface area (TPSA) is 52.2 Å². The van der Waals surface area contributed by atoms with E-state index in [-0.39, 0.29) is 5.91 Å². The molecule has 4 rings (SSSR count). The van der Waals surface area contributed by atoms with Crippen molar-refractivity contribution in [2.24, 2.45) is 0 Å². The summed E-state index contributed by atoms with van der Waals surface area (Å²) in [6, 6.07) is 10.6. The Balaban J connectivity index is 1.37. The van der Waals surface area contributed by atoms with E-state index < -0.39 is 0 Å². The molecule has 1 N–H and O–H groups in total. The zero-order valence-corrected chi connectivity index (χ0v) is 16.5. The first-order valence-corrected chi connectivity index (χ1v) is 10.3. The summed E-state index contributed by atoms with van der Waals surface area (Å²) in [5.74, 6) is 0.0594. The van der Waals surface area contributed by atoms with Crippen LogP contribution >= 0.6 is 15.9 Å². The number of carbonyl (C=O) groups excluding carboxylic acids is 1. The molecule has 1 aromatic heterocycles. The number of nitrogens with one attached hydrogen (secondary N) is 1. The summed E-state index contributed by atoms with van der Waals surface area (Å²) in [7, 11) is 0. The van der Waals surface area contributed by atoms with E-state index in [9.17, 15) is 4.79 Å². The van der Waals surface area contributed by atoms with Crippen molar-refractivity contribution in [3.05, 3.63) is 40.5 Å². The minimum absolute atomic E-state index is 0.0594. The molecule has 0 bridgehead atoms. The third kappa shape index (κ3) is 3.86. The van der Waals surface area contributed by atoms with Gasteiger partial charge in [0.2, 0.25) is 0 Å². The molecule has 2 aliphatic rings. The van der Waals surface area contributed by atoms with Gasteiger partial charge in [0.15, 0.2) is 0 Å². The monoisotopic (exact) mass is 416 g/mol. The van der Waals surface area contributed by atoms with Crippen LogP contribution in [0.15, 0.2) is 34.8 Å². The molecule has 1 aromatic carbocycles. The van der Waals surface area contributed by atoms with Crippen LogP contribution in [0.1, 0.15) is 42.6 Å². The summed E-state index contributed by atoms with van der Waals surface area (Å²) in [6.45, 7) is 3.60. The molecule has 0 atom stereocenters. The van der Waals surface area contributed by atoms with Crippen LogP contribution in [-0.2, 0) is 0 Å². The molecule has 6 heteroatoms. The van der Waals surface area contributed by atoms with Crippen LogP contribution < -0.4 is 0 Å². The van der Waals surface area contributed by atoms with Crippen molar-refractivity contribution in [1.29, 1.82) is 0 Å². The zero-order chi connectivity index (χ0) is 17.9. The number of aromatic nitrogens is 2. The molecular formula is C20H25BrN4O. The normalized spacial score (nSPS) is 19.7. The van der Waals surface area contributed by atoms with Crippen molar-refractivity contribution in [3.8, 4) is 11.3 Å². The smallest absolute Gasteiger partial charge is 0.271 e. The summed E-state index contributed by atoms with van der Waals surface area (Å²) in [6.07, 6.45) is 6.75. The van der Waals surface area contributed by atoms with Gasteiger partial charge in [-0.1, -0.05) is 47.3 Å². The highest BCUT2D eigenvalue weighted by Gasteiger charge is 2.28. The van der Waals surface area contributed by atoms with Gasteiger partial charge < -0.3 is 4.90 Å². The van der Waals surface area contributed by atoms with E-state index in [2.05, 4.69) is 31.0 Å². The number of carbonyl (C=O) groups is 1. The van der Waals surface area contributed by atoms with Crippen LogP contribution in [0, 0.1) is 0 Å². The Morgan fingerprint density at radius 3 is 2.42 bits per heavy atom.